The first-order valence-electron chi connectivity index (χ1n) is 10.7. The second kappa shape index (κ2) is 12.7. The van der Waals surface area contributed by atoms with Crippen molar-refractivity contribution < 1.29 is 9.53 Å². The summed E-state index contributed by atoms with van der Waals surface area (Å²) >= 11 is 6.14. The molecule has 1 atom stereocenters. The molecule has 0 fully saturated rings. The molecule has 1 aromatic carbocycles. The number of hydrogen-bond acceptors (Lipinski definition) is 2. The Hall–Kier alpha value is -1.78. The van der Waals surface area contributed by atoms with Crippen LogP contribution in [0.4, 0.5) is 0 Å². The number of benzene rings is 1. The molecule has 1 heterocycles. The van der Waals surface area contributed by atoms with Crippen LogP contribution in [0.1, 0.15) is 57.2 Å². The van der Waals surface area contributed by atoms with Gasteiger partial charge in [0, 0.05) is 49.6 Å². The number of nitrogens with zero attached hydrogens (tertiary/aromatic N) is 2. The summed E-state index contributed by atoms with van der Waals surface area (Å²) < 4.78 is 7.42. The first-order valence-corrected chi connectivity index (χ1v) is 11.1. The predicted octanol–water partition coefficient (Wildman–Crippen LogP) is 5.77. The van der Waals surface area contributed by atoms with Crippen molar-refractivity contribution >= 4 is 17.5 Å². The van der Waals surface area contributed by atoms with Crippen molar-refractivity contribution in [1.29, 1.82) is 0 Å². The molecule has 0 aliphatic rings. The maximum atomic E-state index is 13.3. The van der Waals surface area contributed by atoms with Gasteiger partial charge in [0.15, 0.2) is 0 Å². The zero-order chi connectivity index (χ0) is 21.1. The molecule has 0 saturated carbocycles. The molecule has 0 aliphatic carbocycles. The lowest BCUT2D eigenvalue weighted by Gasteiger charge is -2.28. The molecule has 1 aromatic heterocycles. The Bertz CT molecular complexity index is 744. The normalized spacial score (nSPS) is 12.1. The Morgan fingerprint density at radius 3 is 2.72 bits per heavy atom. The molecule has 4 nitrogen and oxygen atoms in total. The van der Waals surface area contributed by atoms with Gasteiger partial charge in [-0.05, 0) is 49.1 Å². The van der Waals surface area contributed by atoms with Gasteiger partial charge < -0.3 is 14.2 Å². The van der Waals surface area contributed by atoms with Gasteiger partial charge in [-0.2, -0.15) is 0 Å². The molecule has 0 saturated heterocycles. The van der Waals surface area contributed by atoms with Crippen LogP contribution in [0.5, 0.6) is 0 Å². The standard InChI is InChI=1S/C24H35ClN2O2/c1-4-6-11-21(5-2)24(28)27(15-9-16-29-3)19-23-13-8-14-26(23)18-20-10-7-12-22(25)17-20/h7-8,10,12-14,17,21H,4-6,9,11,15-16,18-19H2,1-3H3/t21-/m1/s1. The molecule has 0 radical (unpaired) electrons. The van der Waals surface area contributed by atoms with Crippen molar-refractivity contribution in [2.24, 2.45) is 5.92 Å². The molecule has 160 valence electrons. The van der Waals surface area contributed by atoms with Gasteiger partial charge in [0.1, 0.15) is 0 Å². The maximum absolute atomic E-state index is 13.3. The van der Waals surface area contributed by atoms with Crippen LogP contribution < -0.4 is 0 Å². The first kappa shape index (κ1) is 23.5. The second-order valence-electron chi connectivity index (χ2n) is 7.61. The fraction of sp³-hybridized carbons (Fsp3) is 0.542. The van der Waals surface area contributed by atoms with Gasteiger partial charge in [0.05, 0.1) is 6.54 Å². The Morgan fingerprint density at radius 2 is 2.03 bits per heavy atom. The number of rotatable bonds is 13. The molecule has 0 aliphatic heterocycles. The van der Waals surface area contributed by atoms with Crippen molar-refractivity contribution in [2.75, 3.05) is 20.3 Å². The summed E-state index contributed by atoms with van der Waals surface area (Å²) in [4.78, 5) is 15.3. The van der Waals surface area contributed by atoms with E-state index in [-0.39, 0.29) is 11.8 Å². The molecular weight excluding hydrogens is 384 g/mol. The van der Waals surface area contributed by atoms with Crippen molar-refractivity contribution in [3.05, 3.63) is 58.9 Å². The average Bonchev–Trinajstić information content (AvgIpc) is 3.14. The molecule has 29 heavy (non-hydrogen) atoms. The molecule has 0 N–H and O–H groups in total. The van der Waals surface area contributed by atoms with Crippen LogP contribution in [-0.4, -0.2) is 35.6 Å². The predicted molar refractivity (Wildman–Crippen MR) is 120 cm³/mol. The average molecular weight is 419 g/mol. The van der Waals surface area contributed by atoms with E-state index in [0.717, 1.165) is 61.5 Å². The van der Waals surface area contributed by atoms with Gasteiger partial charge in [-0.3, -0.25) is 4.79 Å². The number of halogens is 1. The number of unbranched alkanes of at least 4 members (excludes halogenated alkanes) is 1. The Morgan fingerprint density at radius 1 is 1.21 bits per heavy atom. The number of ether oxygens (including phenoxy) is 1. The van der Waals surface area contributed by atoms with Crippen molar-refractivity contribution in [2.45, 2.75) is 59.0 Å². The highest BCUT2D eigenvalue weighted by molar-refractivity contribution is 6.30. The molecule has 0 bridgehead atoms. The molecule has 2 rings (SSSR count). The van der Waals surface area contributed by atoms with Crippen LogP contribution >= 0.6 is 11.6 Å². The van der Waals surface area contributed by atoms with Gasteiger partial charge >= 0.3 is 0 Å². The minimum atomic E-state index is 0.105. The molecular formula is C24H35ClN2O2. The minimum Gasteiger partial charge on any atom is -0.385 e. The van der Waals surface area contributed by atoms with E-state index in [0.29, 0.717) is 13.2 Å². The third-order valence-corrected chi connectivity index (χ3v) is 5.59. The Balaban J connectivity index is 2.14. The molecule has 1 amide bonds. The van der Waals surface area contributed by atoms with Crippen molar-refractivity contribution in [3.8, 4) is 0 Å². The van der Waals surface area contributed by atoms with Crippen LogP contribution in [0.25, 0.3) is 0 Å². The van der Waals surface area contributed by atoms with E-state index in [9.17, 15) is 4.79 Å². The summed E-state index contributed by atoms with van der Waals surface area (Å²) in [5.74, 6) is 0.376. The minimum absolute atomic E-state index is 0.105. The van der Waals surface area contributed by atoms with E-state index in [1.807, 2.05) is 29.2 Å². The van der Waals surface area contributed by atoms with Gasteiger partial charge in [-0.1, -0.05) is 50.4 Å². The van der Waals surface area contributed by atoms with E-state index in [1.54, 1.807) is 7.11 Å². The quantitative estimate of drug-likeness (QED) is 0.387. The number of carbonyl (C=O) groups is 1. The van der Waals surface area contributed by atoms with Crippen LogP contribution in [0.2, 0.25) is 5.02 Å². The summed E-state index contributed by atoms with van der Waals surface area (Å²) in [5.41, 5.74) is 2.29. The Labute approximate surface area is 180 Å². The highest BCUT2D eigenvalue weighted by atomic mass is 35.5. The SMILES string of the molecule is CCCC[C@@H](CC)C(=O)N(CCCOC)Cc1cccn1Cc1cccc(Cl)c1. The van der Waals surface area contributed by atoms with Crippen LogP contribution in [-0.2, 0) is 22.6 Å². The van der Waals surface area contributed by atoms with Gasteiger partial charge in [-0.25, -0.2) is 0 Å². The van der Waals surface area contributed by atoms with Gasteiger partial charge in [0.25, 0.3) is 0 Å². The molecule has 0 unspecified atom stereocenters. The summed E-state index contributed by atoms with van der Waals surface area (Å²) in [6.07, 6.45) is 7.00. The zero-order valence-electron chi connectivity index (χ0n) is 18.1. The molecule has 2 aromatic rings. The Kier molecular flexibility index (Phi) is 10.3. The number of amides is 1. The monoisotopic (exact) mass is 418 g/mol. The van der Waals surface area contributed by atoms with Gasteiger partial charge in [-0.15, -0.1) is 0 Å². The van der Waals surface area contributed by atoms with E-state index in [2.05, 4.69) is 36.7 Å². The summed E-state index contributed by atoms with van der Waals surface area (Å²) in [6, 6.07) is 12.1. The lowest BCUT2D eigenvalue weighted by Crippen LogP contribution is -2.37. The van der Waals surface area contributed by atoms with Crippen LogP contribution in [0.15, 0.2) is 42.6 Å². The zero-order valence-corrected chi connectivity index (χ0v) is 18.8. The van der Waals surface area contributed by atoms with Crippen LogP contribution in [0.3, 0.4) is 0 Å². The number of methoxy groups -OCH3 is 1. The smallest absolute Gasteiger partial charge is 0.226 e. The van der Waals surface area contributed by atoms with E-state index < -0.39 is 0 Å². The largest absolute Gasteiger partial charge is 0.385 e. The second-order valence-corrected chi connectivity index (χ2v) is 8.05. The molecule has 0 spiro atoms. The highest BCUT2D eigenvalue weighted by Crippen LogP contribution is 2.19. The fourth-order valence-corrected chi connectivity index (χ4v) is 3.87. The van der Waals surface area contributed by atoms with Gasteiger partial charge in [0.2, 0.25) is 5.91 Å². The lowest BCUT2D eigenvalue weighted by atomic mass is 9.97. The fourth-order valence-electron chi connectivity index (χ4n) is 3.65. The van der Waals surface area contributed by atoms with E-state index >= 15 is 0 Å². The summed E-state index contributed by atoms with van der Waals surface area (Å²) in [7, 11) is 1.71. The molecule has 5 heteroatoms. The third-order valence-electron chi connectivity index (χ3n) is 5.35. The third kappa shape index (κ3) is 7.52. The van der Waals surface area contributed by atoms with E-state index in [4.69, 9.17) is 16.3 Å². The summed E-state index contributed by atoms with van der Waals surface area (Å²) in [6.45, 7) is 7.05. The van der Waals surface area contributed by atoms with Crippen LogP contribution in [0, 0.1) is 5.92 Å². The highest BCUT2D eigenvalue weighted by Gasteiger charge is 2.23. The lowest BCUT2D eigenvalue weighted by molar-refractivity contribution is -0.136. The topological polar surface area (TPSA) is 34.5 Å². The van der Waals surface area contributed by atoms with E-state index in [1.165, 1.54) is 0 Å². The first-order chi connectivity index (χ1) is 14.1. The maximum Gasteiger partial charge on any atom is 0.226 e. The van der Waals surface area contributed by atoms with Crippen molar-refractivity contribution in [3.63, 3.8) is 0 Å². The number of aromatic nitrogens is 1. The number of carbonyl (C=O) groups excluding carboxylic acids is 1. The summed E-state index contributed by atoms with van der Waals surface area (Å²) in [5, 5.41) is 0.745. The van der Waals surface area contributed by atoms with Crippen molar-refractivity contribution in [1.82, 2.24) is 9.47 Å². The number of hydrogen-bond donors (Lipinski definition) is 0.